The number of carbonyl (C=O) groups excluding carboxylic acids is 1. The van der Waals surface area contributed by atoms with Gasteiger partial charge in [-0.15, -0.1) is 0 Å². The number of carbonyl (C=O) groups is 1. The van der Waals surface area contributed by atoms with Crippen molar-refractivity contribution in [3.8, 4) is 5.75 Å². The van der Waals surface area contributed by atoms with E-state index in [2.05, 4.69) is 19.2 Å². The molecule has 0 spiro atoms. The molecule has 1 aromatic carbocycles. The molecule has 1 unspecified atom stereocenters. The summed E-state index contributed by atoms with van der Waals surface area (Å²) in [6.45, 7) is 4.86. The van der Waals surface area contributed by atoms with Crippen LogP contribution in [0.5, 0.6) is 5.75 Å². The maximum atomic E-state index is 13.8. The summed E-state index contributed by atoms with van der Waals surface area (Å²) in [6.07, 6.45) is 4.42. The van der Waals surface area contributed by atoms with E-state index in [0.717, 1.165) is 25.7 Å². The molecule has 112 valence electrons. The van der Waals surface area contributed by atoms with Crippen LogP contribution in [0.4, 0.5) is 4.39 Å². The van der Waals surface area contributed by atoms with Gasteiger partial charge in [0.2, 0.25) is 0 Å². The zero-order chi connectivity index (χ0) is 15.0. The van der Waals surface area contributed by atoms with Crippen LogP contribution >= 0.6 is 0 Å². The van der Waals surface area contributed by atoms with E-state index in [1.54, 1.807) is 6.07 Å². The van der Waals surface area contributed by atoms with Crippen molar-refractivity contribution in [2.24, 2.45) is 5.92 Å². The van der Waals surface area contributed by atoms with Crippen LogP contribution in [0.1, 0.15) is 49.9 Å². The van der Waals surface area contributed by atoms with Crippen LogP contribution in [0.2, 0.25) is 0 Å². The van der Waals surface area contributed by atoms with Gasteiger partial charge in [0.25, 0.3) is 5.91 Å². The topological polar surface area (TPSA) is 38.3 Å². The molecule has 0 bridgehead atoms. The number of amides is 1. The highest BCUT2D eigenvalue weighted by molar-refractivity contribution is 5.94. The quantitative estimate of drug-likeness (QED) is 0.787. The molecule has 1 N–H and O–H groups in total. The summed E-state index contributed by atoms with van der Waals surface area (Å²) in [7, 11) is 1.47. The van der Waals surface area contributed by atoms with Crippen LogP contribution in [0.25, 0.3) is 0 Å². The Morgan fingerprint density at radius 1 is 1.40 bits per heavy atom. The van der Waals surface area contributed by atoms with Crippen LogP contribution in [0.3, 0.4) is 0 Å². The van der Waals surface area contributed by atoms with Crippen LogP contribution in [-0.2, 0) is 0 Å². The first-order valence-electron chi connectivity index (χ1n) is 7.24. The smallest absolute Gasteiger partial charge is 0.254 e. The molecule has 1 atom stereocenters. The van der Waals surface area contributed by atoms with Crippen molar-refractivity contribution in [2.75, 3.05) is 13.7 Å². The summed E-state index contributed by atoms with van der Waals surface area (Å²) in [4.78, 5) is 12.0. The maximum absolute atomic E-state index is 13.8. The highest BCUT2D eigenvalue weighted by atomic mass is 19.1. The number of halogens is 1. The van der Waals surface area contributed by atoms with E-state index in [4.69, 9.17) is 4.74 Å². The Balaban J connectivity index is 2.57. The van der Waals surface area contributed by atoms with Gasteiger partial charge < -0.3 is 10.1 Å². The molecule has 0 radical (unpaired) electrons. The summed E-state index contributed by atoms with van der Waals surface area (Å²) >= 11 is 0. The molecule has 0 saturated heterocycles. The fourth-order valence-electron chi connectivity index (χ4n) is 2.08. The number of hydrogen-bond donors (Lipinski definition) is 1. The van der Waals surface area contributed by atoms with Gasteiger partial charge in [-0.25, -0.2) is 4.39 Å². The first-order chi connectivity index (χ1) is 9.62. The zero-order valence-electron chi connectivity index (χ0n) is 12.5. The van der Waals surface area contributed by atoms with Gasteiger partial charge in [0.05, 0.1) is 12.7 Å². The predicted molar refractivity (Wildman–Crippen MR) is 78.6 cm³/mol. The Bertz CT molecular complexity index is 434. The Morgan fingerprint density at radius 3 is 2.70 bits per heavy atom. The fraction of sp³-hybridized carbons (Fsp3) is 0.562. The lowest BCUT2D eigenvalue weighted by molar-refractivity contribution is 0.0941. The molecule has 0 aliphatic rings. The molecule has 0 aromatic heterocycles. The summed E-state index contributed by atoms with van der Waals surface area (Å²) in [5.41, 5.74) is 0.0659. The Kier molecular flexibility index (Phi) is 7.05. The van der Waals surface area contributed by atoms with E-state index >= 15 is 0 Å². The predicted octanol–water partition coefficient (Wildman–Crippen LogP) is 3.78. The van der Waals surface area contributed by atoms with E-state index in [1.165, 1.54) is 19.2 Å². The molecule has 1 aromatic rings. The number of unbranched alkanes of at least 4 members (excludes halogenated alkanes) is 1. The van der Waals surface area contributed by atoms with Gasteiger partial charge >= 0.3 is 0 Å². The van der Waals surface area contributed by atoms with Crippen molar-refractivity contribution in [1.29, 1.82) is 0 Å². The molecule has 3 nitrogen and oxygen atoms in total. The Labute approximate surface area is 120 Å². The minimum absolute atomic E-state index is 0.0659. The van der Waals surface area contributed by atoms with Gasteiger partial charge in [0.15, 0.2) is 0 Å². The van der Waals surface area contributed by atoms with Crippen molar-refractivity contribution in [1.82, 2.24) is 5.32 Å². The van der Waals surface area contributed by atoms with Crippen LogP contribution in [-0.4, -0.2) is 19.6 Å². The highest BCUT2D eigenvalue weighted by Gasteiger charge is 2.14. The normalized spacial score (nSPS) is 12.0. The maximum Gasteiger partial charge on any atom is 0.254 e. The van der Waals surface area contributed by atoms with Crippen LogP contribution in [0.15, 0.2) is 18.2 Å². The highest BCUT2D eigenvalue weighted by Crippen LogP contribution is 2.17. The fourth-order valence-corrected chi connectivity index (χ4v) is 2.08. The molecule has 0 aliphatic heterocycles. The number of nitrogens with one attached hydrogen (secondary N) is 1. The van der Waals surface area contributed by atoms with Crippen molar-refractivity contribution in [3.05, 3.63) is 29.6 Å². The van der Waals surface area contributed by atoms with Crippen molar-refractivity contribution in [2.45, 2.75) is 39.5 Å². The third-order valence-corrected chi connectivity index (χ3v) is 3.52. The summed E-state index contributed by atoms with van der Waals surface area (Å²) in [5.74, 6) is -0.0443. The molecule has 0 heterocycles. The number of benzene rings is 1. The molecule has 0 fully saturated rings. The molecule has 1 rings (SSSR count). The average molecular weight is 281 g/mol. The lowest BCUT2D eigenvalue weighted by Gasteiger charge is -2.15. The monoisotopic (exact) mass is 281 g/mol. The number of rotatable bonds is 8. The number of hydrogen-bond acceptors (Lipinski definition) is 2. The van der Waals surface area contributed by atoms with Gasteiger partial charge in [-0.2, -0.15) is 0 Å². The van der Waals surface area contributed by atoms with E-state index in [1.807, 2.05) is 0 Å². The molecular formula is C16H24FNO2. The largest absolute Gasteiger partial charge is 0.497 e. The molecular weight excluding hydrogens is 257 g/mol. The van der Waals surface area contributed by atoms with E-state index in [-0.39, 0.29) is 11.5 Å². The second-order valence-electron chi connectivity index (χ2n) is 4.97. The Morgan fingerprint density at radius 2 is 2.15 bits per heavy atom. The van der Waals surface area contributed by atoms with Crippen LogP contribution < -0.4 is 10.1 Å². The molecule has 0 aliphatic carbocycles. The second-order valence-corrected chi connectivity index (χ2v) is 4.97. The molecule has 20 heavy (non-hydrogen) atoms. The third-order valence-electron chi connectivity index (χ3n) is 3.52. The molecule has 4 heteroatoms. The van der Waals surface area contributed by atoms with Gasteiger partial charge in [-0.3, -0.25) is 4.79 Å². The van der Waals surface area contributed by atoms with E-state index in [0.29, 0.717) is 18.2 Å². The zero-order valence-corrected chi connectivity index (χ0v) is 12.5. The number of methoxy groups -OCH3 is 1. The minimum atomic E-state index is -0.552. The molecule has 1 amide bonds. The SMILES string of the molecule is CCCCC(CC)CNC(=O)c1ccc(OC)cc1F. The summed E-state index contributed by atoms with van der Waals surface area (Å²) in [5, 5.41) is 2.82. The average Bonchev–Trinajstić information content (AvgIpc) is 2.47. The Hall–Kier alpha value is -1.58. The van der Waals surface area contributed by atoms with Crippen molar-refractivity contribution < 1.29 is 13.9 Å². The first-order valence-corrected chi connectivity index (χ1v) is 7.24. The lowest BCUT2D eigenvalue weighted by atomic mass is 9.99. The van der Waals surface area contributed by atoms with Gasteiger partial charge in [0.1, 0.15) is 11.6 Å². The van der Waals surface area contributed by atoms with Crippen LogP contribution in [0, 0.1) is 11.7 Å². The molecule has 0 saturated carbocycles. The van der Waals surface area contributed by atoms with Crippen molar-refractivity contribution in [3.63, 3.8) is 0 Å². The van der Waals surface area contributed by atoms with Gasteiger partial charge in [-0.05, 0) is 24.5 Å². The third kappa shape index (κ3) is 4.83. The second kappa shape index (κ2) is 8.56. The number of ether oxygens (including phenoxy) is 1. The standard InChI is InChI=1S/C16H24FNO2/c1-4-6-7-12(5-2)11-18-16(19)14-9-8-13(20-3)10-15(14)17/h8-10,12H,4-7,11H2,1-3H3,(H,18,19). The summed E-state index contributed by atoms with van der Waals surface area (Å²) in [6, 6.07) is 4.27. The summed E-state index contributed by atoms with van der Waals surface area (Å²) < 4.78 is 18.7. The lowest BCUT2D eigenvalue weighted by Crippen LogP contribution is -2.29. The van der Waals surface area contributed by atoms with Gasteiger partial charge in [-0.1, -0.05) is 33.1 Å². The van der Waals surface area contributed by atoms with Crippen molar-refractivity contribution >= 4 is 5.91 Å². The van der Waals surface area contributed by atoms with Gasteiger partial charge in [0, 0.05) is 12.6 Å². The minimum Gasteiger partial charge on any atom is -0.497 e. The first kappa shape index (κ1) is 16.5. The van der Waals surface area contributed by atoms with E-state index in [9.17, 15) is 9.18 Å². The van der Waals surface area contributed by atoms with E-state index < -0.39 is 5.82 Å².